The lowest BCUT2D eigenvalue weighted by Crippen LogP contribution is -2.57. The van der Waals surface area contributed by atoms with Gasteiger partial charge in [0.25, 0.3) is 0 Å². The summed E-state index contributed by atoms with van der Waals surface area (Å²) in [5, 5.41) is 6.53. The summed E-state index contributed by atoms with van der Waals surface area (Å²) in [5.41, 5.74) is 0.551. The number of thiazole rings is 1. The summed E-state index contributed by atoms with van der Waals surface area (Å²) in [6.07, 6.45) is 2.80. The van der Waals surface area contributed by atoms with E-state index in [2.05, 4.69) is 29.5 Å². The first kappa shape index (κ1) is 13.5. The van der Waals surface area contributed by atoms with Crippen LogP contribution in [0.1, 0.15) is 49.7 Å². The van der Waals surface area contributed by atoms with Crippen LogP contribution in [0.25, 0.3) is 0 Å². The van der Waals surface area contributed by atoms with Gasteiger partial charge in [0, 0.05) is 17.8 Å². The van der Waals surface area contributed by atoms with Crippen LogP contribution in [0.2, 0.25) is 0 Å². The van der Waals surface area contributed by atoms with Gasteiger partial charge in [0.1, 0.15) is 5.54 Å². The fourth-order valence-corrected chi connectivity index (χ4v) is 2.94. The third-order valence-electron chi connectivity index (χ3n) is 3.45. The molecular weight excluding hydrogens is 248 g/mol. The maximum Gasteiger partial charge on any atom is 0.326 e. The predicted molar refractivity (Wildman–Crippen MR) is 71.6 cm³/mol. The smallest absolute Gasteiger partial charge is 0.326 e. The number of esters is 1. The molecule has 0 radical (unpaired) electrons. The van der Waals surface area contributed by atoms with E-state index in [1.165, 1.54) is 7.11 Å². The third-order valence-corrected chi connectivity index (χ3v) is 4.65. The summed E-state index contributed by atoms with van der Waals surface area (Å²) in [6.45, 7) is 4.91. The molecule has 18 heavy (non-hydrogen) atoms. The molecule has 4 nitrogen and oxygen atoms in total. The Hall–Kier alpha value is -0.940. The number of carbonyl (C=O) groups is 1. The highest BCUT2D eigenvalue weighted by molar-refractivity contribution is 7.09. The van der Waals surface area contributed by atoms with Gasteiger partial charge < -0.3 is 4.74 Å². The van der Waals surface area contributed by atoms with E-state index in [-0.39, 0.29) is 5.97 Å². The molecule has 0 unspecified atom stereocenters. The molecule has 2 rings (SSSR count). The topological polar surface area (TPSA) is 51.2 Å². The van der Waals surface area contributed by atoms with Crippen molar-refractivity contribution < 1.29 is 9.53 Å². The molecule has 5 heteroatoms. The third kappa shape index (κ3) is 2.57. The van der Waals surface area contributed by atoms with Crippen LogP contribution in [0.15, 0.2) is 5.38 Å². The fourth-order valence-electron chi connectivity index (χ4n) is 2.11. The van der Waals surface area contributed by atoms with Crippen molar-refractivity contribution in [2.75, 3.05) is 7.11 Å². The first-order valence-electron chi connectivity index (χ1n) is 6.35. The first-order valence-corrected chi connectivity index (χ1v) is 7.23. The second-order valence-corrected chi connectivity index (χ2v) is 6.00. The van der Waals surface area contributed by atoms with Gasteiger partial charge in [-0.2, -0.15) is 0 Å². The van der Waals surface area contributed by atoms with Crippen LogP contribution in [0.3, 0.4) is 0 Å². The zero-order valence-corrected chi connectivity index (χ0v) is 12.0. The Morgan fingerprint density at radius 1 is 1.61 bits per heavy atom. The van der Waals surface area contributed by atoms with Gasteiger partial charge in [0.15, 0.2) is 0 Å². The Morgan fingerprint density at radius 3 is 2.78 bits per heavy atom. The molecule has 1 saturated carbocycles. The summed E-state index contributed by atoms with van der Waals surface area (Å²) < 4.78 is 4.87. The highest BCUT2D eigenvalue weighted by Gasteiger charge is 2.44. The molecule has 1 heterocycles. The van der Waals surface area contributed by atoms with E-state index >= 15 is 0 Å². The van der Waals surface area contributed by atoms with Gasteiger partial charge in [0.2, 0.25) is 0 Å². The van der Waals surface area contributed by atoms with Crippen LogP contribution in [-0.2, 0) is 16.1 Å². The van der Waals surface area contributed by atoms with Gasteiger partial charge in [-0.1, -0.05) is 13.8 Å². The number of hydrogen-bond acceptors (Lipinski definition) is 5. The van der Waals surface area contributed by atoms with Gasteiger partial charge in [0.05, 0.1) is 17.8 Å². The Bertz CT molecular complexity index is 424. The molecule has 0 bridgehead atoms. The summed E-state index contributed by atoms with van der Waals surface area (Å²) in [7, 11) is 1.45. The van der Waals surface area contributed by atoms with Gasteiger partial charge in [-0.15, -0.1) is 11.3 Å². The van der Waals surface area contributed by atoms with E-state index in [4.69, 9.17) is 4.74 Å². The van der Waals surface area contributed by atoms with E-state index in [1.54, 1.807) is 11.3 Å². The zero-order valence-electron chi connectivity index (χ0n) is 11.2. The highest BCUT2D eigenvalue weighted by Crippen LogP contribution is 2.33. The fraction of sp³-hybridized carbons (Fsp3) is 0.692. The van der Waals surface area contributed by atoms with Crippen molar-refractivity contribution in [3.63, 3.8) is 0 Å². The zero-order chi connectivity index (χ0) is 13.2. The molecule has 1 aromatic heterocycles. The summed E-state index contributed by atoms with van der Waals surface area (Å²) in [6, 6.07) is 0. The summed E-state index contributed by atoms with van der Waals surface area (Å²) >= 11 is 1.68. The normalized spacial score (nSPS) is 17.6. The van der Waals surface area contributed by atoms with Gasteiger partial charge in [-0.3, -0.25) is 10.1 Å². The van der Waals surface area contributed by atoms with Crippen molar-refractivity contribution >= 4 is 17.3 Å². The Balaban J connectivity index is 1.95. The largest absolute Gasteiger partial charge is 0.468 e. The molecule has 0 aliphatic heterocycles. The van der Waals surface area contributed by atoms with E-state index in [1.807, 2.05) is 0 Å². The monoisotopic (exact) mass is 268 g/mol. The van der Waals surface area contributed by atoms with E-state index in [9.17, 15) is 4.79 Å². The molecular formula is C13H20N2O2S. The van der Waals surface area contributed by atoms with Crippen molar-refractivity contribution in [3.05, 3.63) is 16.1 Å². The molecule has 0 spiro atoms. The van der Waals surface area contributed by atoms with E-state index in [0.29, 0.717) is 12.5 Å². The van der Waals surface area contributed by atoms with E-state index < -0.39 is 5.54 Å². The second kappa shape index (κ2) is 5.36. The van der Waals surface area contributed by atoms with Crippen molar-refractivity contribution in [3.8, 4) is 0 Å². The first-order chi connectivity index (χ1) is 8.57. The molecule has 1 aliphatic rings. The van der Waals surface area contributed by atoms with Crippen LogP contribution >= 0.6 is 11.3 Å². The highest BCUT2D eigenvalue weighted by atomic mass is 32.1. The minimum atomic E-state index is -0.462. The maximum absolute atomic E-state index is 11.7. The number of nitrogens with one attached hydrogen (secondary N) is 1. The van der Waals surface area contributed by atoms with Crippen molar-refractivity contribution in [2.24, 2.45) is 0 Å². The minimum absolute atomic E-state index is 0.145. The second-order valence-electron chi connectivity index (χ2n) is 5.11. The molecule has 1 aromatic rings. The molecule has 1 aliphatic carbocycles. The quantitative estimate of drug-likeness (QED) is 0.833. The van der Waals surface area contributed by atoms with Crippen LogP contribution in [-0.4, -0.2) is 23.6 Å². The van der Waals surface area contributed by atoms with Crippen LogP contribution < -0.4 is 5.32 Å². The van der Waals surface area contributed by atoms with Crippen LogP contribution in [0.5, 0.6) is 0 Å². The minimum Gasteiger partial charge on any atom is -0.468 e. The van der Waals surface area contributed by atoms with Crippen molar-refractivity contribution in [2.45, 2.75) is 51.1 Å². The summed E-state index contributed by atoms with van der Waals surface area (Å²) in [4.78, 5) is 16.3. The van der Waals surface area contributed by atoms with Crippen LogP contribution in [0.4, 0.5) is 0 Å². The lowest BCUT2D eigenvalue weighted by atomic mass is 9.76. The number of rotatable bonds is 5. The molecule has 1 N–H and O–H groups in total. The average Bonchev–Trinajstić information content (AvgIpc) is 2.76. The molecule has 0 aromatic carbocycles. The number of hydrogen-bond donors (Lipinski definition) is 1. The number of aromatic nitrogens is 1. The van der Waals surface area contributed by atoms with Crippen LogP contribution in [0, 0.1) is 0 Å². The molecule has 100 valence electrons. The number of ether oxygens (including phenoxy) is 1. The molecule has 1 fully saturated rings. The number of carbonyl (C=O) groups excluding carboxylic acids is 1. The number of nitrogens with zero attached hydrogens (tertiary/aromatic N) is 1. The molecule has 0 saturated heterocycles. The molecule has 0 atom stereocenters. The van der Waals surface area contributed by atoms with Gasteiger partial charge in [-0.05, 0) is 19.3 Å². The Labute approximate surface area is 112 Å². The number of methoxy groups -OCH3 is 1. The van der Waals surface area contributed by atoms with Crippen molar-refractivity contribution in [1.29, 1.82) is 0 Å². The van der Waals surface area contributed by atoms with Crippen molar-refractivity contribution in [1.82, 2.24) is 10.3 Å². The lowest BCUT2D eigenvalue weighted by molar-refractivity contribution is -0.152. The molecule has 0 amide bonds. The standard InChI is InChI=1S/C13H20N2O2S/c1-9(2)11-15-10(8-18-11)7-14-13(5-4-6-13)12(16)17-3/h8-9,14H,4-7H2,1-3H3. The average molecular weight is 268 g/mol. The van der Waals surface area contributed by atoms with E-state index in [0.717, 1.165) is 30.0 Å². The van der Waals surface area contributed by atoms with Gasteiger partial charge in [-0.25, -0.2) is 4.98 Å². The SMILES string of the molecule is COC(=O)C1(NCc2csc(C(C)C)n2)CCC1. The maximum atomic E-state index is 11.7. The summed E-state index contributed by atoms with van der Waals surface area (Å²) in [5.74, 6) is 0.315. The Kier molecular flexibility index (Phi) is 4.02. The predicted octanol–water partition coefficient (Wildman–Crippen LogP) is 2.45. The lowest BCUT2D eigenvalue weighted by Gasteiger charge is -2.39. The Morgan fingerprint density at radius 2 is 2.33 bits per heavy atom. The van der Waals surface area contributed by atoms with Gasteiger partial charge >= 0.3 is 5.97 Å².